The van der Waals surface area contributed by atoms with Gasteiger partial charge in [-0.2, -0.15) is 0 Å². The van der Waals surface area contributed by atoms with Gasteiger partial charge in [-0.1, -0.05) is 162 Å². The quantitative estimate of drug-likeness (QED) is 0.120. The molecule has 0 N–H and O–H groups in total. The molecule has 0 bridgehead atoms. The SMILES string of the molecule is C=C/C(=C\C=C/C)N(c1ccc(C(=C)/C=C\C2=C(C)C(C)(C)c3cc4c(cc32)C(C)(C)c2ccccc2N4c2ccc3c(c2)c2ccccc2n3C2=CC=CCC2)cc1)c1ccc2c(c1)c1ccccc1n2C1=CCCC=C1. The molecular weight excluding hydrogens is 945 g/mol. The molecule has 4 heteroatoms. The van der Waals surface area contributed by atoms with Crippen LogP contribution >= 0.6 is 0 Å². The molecule has 0 fully saturated rings. The highest BCUT2D eigenvalue weighted by molar-refractivity contribution is 6.13. The summed E-state index contributed by atoms with van der Waals surface area (Å²) in [6.45, 7) is 22.9. The first kappa shape index (κ1) is 48.8. The van der Waals surface area contributed by atoms with Crippen molar-refractivity contribution < 1.29 is 0 Å². The fourth-order valence-corrected chi connectivity index (χ4v) is 13.0. The third-order valence-electron chi connectivity index (χ3n) is 17.4. The van der Waals surface area contributed by atoms with Crippen LogP contribution in [0.15, 0.2) is 243 Å². The molecule has 0 amide bonds. The molecule has 0 unspecified atom stereocenters. The van der Waals surface area contributed by atoms with Crippen molar-refractivity contribution in [3.63, 3.8) is 0 Å². The van der Waals surface area contributed by atoms with Crippen molar-refractivity contribution in [1.29, 1.82) is 0 Å². The van der Waals surface area contributed by atoms with Gasteiger partial charge in [0.15, 0.2) is 0 Å². The molecule has 13 rings (SSSR count). The molecule has 9 aromatic rings. The second-order valence-corrected chi connectivity index (χ2v) is 22.5. The van der Waals surface area contributed by atoms with E-state index >= 15 is 0 Å². The van der Waals surface area contributed by atoms with Gasteiger partial charge in [0, 0.05) is 66.5 Å². The van der Waals surface area contributed by atoms with Crippen LogP contribution in [0.5, 0.6) is 0 Å². The minimum Gasteiger partial charge on any atom is -0.313 e. The summed E-state index contributed by atoms with van der Waals surface area (Å²) in [5.74, 6) is 0. The van der Waals surface area contributed by atoms with Crippen molar-refractivity contribution in [2.45, 2.75) is 78.1 Å². The molecule has 7 aromatic carbocycles. The van der Waals surface area contributed by atoms with Crippen LogP contribution in [0.2, 0.25) is 0 Å². The minimum atomic E-state index is -0.254. The molecule has 382 valence electrons. The van der Waals surface area contributed by atoms with Gasteiger partial charge in [0.05, 0.1) is 33.4 Å². The molecular formula is C74H66N4. The Kier molecular flexibility index (Phi) is 11.9. The molecule has 0 saturated heterocycles. The maximum absolute atomic E-state index is 4.68. The van der Waals surface area contributed by atoms with E-state index in [-0.39, 0.29) is 10.8 Å². The van der Waals surface area contributed by atoms with Crippen LogP contribution in [-0.4, -0.2) is 9.13 Å². The van der Waals surface area contributed by atoms with Crippen LogP contribution in [0.25, 0.3) is 66.2 Å². The van der Waals surface area contributed by atoms with Gasteiger partial charge in [0.25, 0.3) is 0 Å². The van der Waals surface area contributed by atoms with Crippen LogP contribution < -0.4 is 9.80 Å². The van der Waals surface area contributed by atoms with Crippen molar-refractivity contribution in [2.24, 2.45) is 0 Å². The van der Waals surface area contributed by atoms with E-state index < -0.39 is 0 Å². The first-order valence-corrected chi connectivity index (χ1v) is 27.8. The lowest BCUT2D eigenvalue weighted by molar-refractivity contribution is 0.621. The van der Waals surface area contributed by atoms with Gasteiger partial charge in [0.2, 0.25) is 0 Å². The molecule has 4 nitrogen and oxygen atoms in total. The number of para-hydroxylation sites is 3. The number of benzene rings is 7. The summed E-state index contributed by atoms with van der Waals surface area (Å²) in [6.07, 6.45) is 30.6. The lowest BCUT2D eigenvalue weighted by atomic mass is 9.71. The molecule has 2 aromatic heterocycles. The number of anilines is 5. The number of nitrogens with zero attached hydrogens (tertiary/aromatic N) is 4. The molecule has 3 aliphatic carbocycles. The van der Waals surface area contributed by atoms with E-state index in [4.69, 9.17) is 0 Å². The van der Waals surface area contributed by atoms with Gasteiger partial charge < -0.3 is 18.9 Å². The van der Waals surface area contributed by atoms with Gasteiger partial charge >= 0.3 is 0 Å². The number of rotatable bonds is 11. The van der Waals surface area contributed by atoms with Crippen LogP contribution in [0.1, 0.15) is 95.0 Å². The van der Waals surface area contributed by atoms with E-state index in [0.29, 0.717) is 0 Å². The normalized spacial score (nSPS) is 16.6. The third-order valence-corrected chi connectivity index (χ3v) is 17.4. The average molecular weight is 1010 g/mol. The maximum Gasteiger partial charge on any atom is 0.0542 e. The summed E-state index contributed by atoms with van der Waals surface area (Å²) < 4.78 is 4.89. The van der Waals surface area contributed by atoms with Gasteiger partial charge in [-0.3, -0.25) is 0 Å². The summed E-state index contributed by atoms with van der Waals surface area (Å²) in [5.41, 5.74) is 23.7. The molecule has 0 saturated carbocycles. The fraction of sp³-hybridized carbons (Fsp3) is 0.162. The van der Waals surface area contributed by atoms with Crippen LogP contribution in [0.4, 0.5) is 28.4 Å². The van der Waals surface area contributed by atoms with E-state index in [9.17, 15) is 0 Å². The van der Waals surface area contributed by atoms with E-state index in [1.807, 2.05) is 13.0 Å². The van der Waals surface area contributed by atoms with Crippen LogP contribution in [0, 0.1) is 0 Å². The van der Waals surface area contributed by atoms with E-state index in [0.717, 1.165) is 53.9 Å². The lowest BCUT2D eigenvalue weighted by Gasteiger charge is -2.43. The molecule has 0 radical (unpaired) electrons. The highest BCUT2D eigenvalue weighted by Crippen LogP contribution is 2.57. The Morgan fingerprint density at radius 3 is 2.05 bits per heavy atom. The summed E-state index contributed by atoms with van der Waals surface area (Å²) in [4.78, 5) is 4.84. The van der Waals surface area contributed by atoms with Gasteiger partial charge in [-0.15, -0.1) is 0 Å². The molecule has 78 heavy (non-hydrogen) atoms. The summed E-state index contributed by atoms with van der Waals surface area (Å²) in [5, 5.41) is 5.00. The zero-order chi connectivity index (χ0) is 53.5. The number of allylic oxidation sites excluding steroid dienone is 17. The summed E-state index contributed by atoms with van der Waals surface area (Å²) >= 11 is 0. The fourth-order valence-electron chi connectivity index (χ4n) is 13.0. The third kappa shape index (κ3) is 7.71. The largest absolute Gasteiger partial charge is 0.313 e. The zero-order valence-electron chi connectivity index (χ0n) is 45.8. The number of fused-ring (bicyclic) bond motifs is 9. The topological polar surface area (TPSA) is 16.3 Å². The lowest BCUT2D eigenvalue weighted by Crippen LogP contribution is -2.31. The number of hydrogen-bond acceptors (Lipinski definition) is 2. The van der Waals surface area contributed by atoms with Crippen molar-refractivity contribution in [1.82, 2.24) is 9.13 Å². The highest BCUT2D eigenvalue weighted by atomic mass is 15.2. The average Bonchev–Trinajstić information content (AvgIpc) is 4.07. The Hall–Kier alpha value is -8.86. The minimum absolute atomic E-state index is 0.200. The zero-order valence-corrected chi connectivity index (χ0v) is 45.8. The standard InChI is InChI=1S/C74H66N4/c1-9-11-24-52(10-2)75(56-40-43-69-62(45-56)59-29-18-21-32-67(59)76(69)53-25-14-12-15-26-53)55-38-36-51(37-39-55)49(3)35-42-58-50(4)73(5,6)65-48-72-66(47-61(58)65)74(7,8)64-31-20-23-34-71(64)78(72)57-41-44-70-63(46-57)60-30-19-22-33-68(60)77(70)54-27-16-13-17-28-54/h9-11,13-14,16,18-27,29-48H,2-3,12,15,17,28H2,1,4-8H3/b11-9-,42-35-,52-24+. The van der Waals surface area contributed by atoms with Crippen LogP contribution in [0.3, 0.4) is 0 Å². The summed E-state index contributed by atoms with van der Waals surface area (Å²) in [6, 6.07) is 54.5. The first-order valence-electron chi connectivity index (χ1n) is 27.8. The summed E-state index contributed by atoms with van der Waals surface area (Å²) in [7, 11) is 0. The van der Waals surface area contributed by atoms with Gasteiger partial charge in [-0.25, -0.2) is 0 Å². The van der Waals surface area contributed by atoms with Crippen molar-refractivity contribution in [2.75, 3.05) is 9.80 Å². The van der Waals surface area contributed by atoms with Gasteiger partial charge in [0.1, 0.15) is 0 Å². The Bertz CT molecular complexity index is 4250. The number of hydrogen-bond donors (Lipinski definition) is 0. The molecule has 0 spiro atoms. The van der Waals surface area contributed by atoms with Crippen molar-refractivity contribution >= 4 is 94.6 Å². The Labute approximate surface area is 460 Å². The Balaban J connectivity index is 0.853. The first-order chi connectivity index (χ1) is 38.0. The molecule has 4 aliphatic rings. The van der Waals surface area contributed by atoms with E-state index in [1.54, 1.807) is 0 Å². The second-order valence-electron chi connectivity index (χ2n) is 22.5. The Morgan fingerprint density at radius 2 is 1.32 bits per heavy atom. The molecule has 1 aliphatic heterocycles. The smallest absolute Gasteiger partial charge is 0.0542 e. The molecule has 0 atom stereocenters. The van der Waals surface area contributed by atoms with E-state index in [1.165, 1.54) is 105 Å². The second kappa shape index (κ2) is 19.0. The maximum atomic E-state index is 4.68. The highest BCUT2D eigenvalue weighted by Gasteiger charge is 2.42. The van der Waals surface area contributed by atoms with Gasteiger partial charge in [-0.05, 0) is 182 Å². The van der Waals surface area contributed by atoms with Crippen molar-refractivity contribution in [3.8, 4) is 0 Å². The Morgan fingerprint density at radius 1 is 0.628 bits per heavy atom. The van der Waals surface area contributed by atoms with Crippen molar-refractivity contribution in [3.05, 3.63) is 271 Å². The molecule has 3 heterocycles. The predicted molar refractivity (Wildman–Crippen MR) is 336 cm³/mol. The van der Waals surface area contributed by atoms with E-state index in [2.05, 4.69) is 279 Å². The monoisotopic (exact) mass is 1010 g/mol. The number of aromatic nitrogens is 2. The predicted octanol–water partition coefficient (Wildman–Crippen LogP) is 20.5. The van der Waals surface area contributed by atoms with Crippen LogP contribution in [-0.2, 0) is 10.8 Å².